The maximum absolute atomic E-state index is 12.0. The van der Waals surface area contributed by atoms with Crippen LogP contribution in [0.1, 0.15) is 31.2 Å². The van der Waals surface area contributed by atoms with Gasteiger partial charge in [-0.15, -0.1) is 0 Å². The molecular formula is C19H31N5O. The Morgan fingerprint density at radius 2 is 2.24 bits per heavy atom. The maximum Gasteiger partial charge on any atom is 0.220 e. The second-order valence-electron chi connectivity index (χ2n) is 7.37. The number of nitrogens with zero attached hydrogens (tertiary/aromatic N) is 1. The van der Waals surface area contributed by atoms with Gasteiger partial charge in [0, 0.05) is 31.7 Å². The number of carbonyl (C=O) groups is 1. The van der Waals surface area contributed by atoms with Gasteiger partial charge in [0.2, 0.25) is 5.91 Å². The first-order valence-electron chi connectivity index (χ1n) is 9.58. The minimum absolute atomic E-state index is 0.148. The van der Waals surface area contributed by atoms with Crippen molar-refractivity contribution in [3.63, 3.8) is 0 Å². The molecule has 2 saturated heterocycles. The van der Waals surface area contributed by atoms with Gasteiger partial charge in [-0.25, -0.2) is 4.98 Å². The molecule has 0 aliphatic carbocycles. The molecule has 3 atom stereocenters. The van der Waals surface area contributed by atoms with E-state index in [1.807, 2.05) is 19.1 Å². The Labute approximate surface area is 150 Å². The van der Waals surface area contributed by atoms with Crippen LogP contribution < -0.4 is 21.3 Å². The minimum atomic E-state index is 0.148. The fraction of sp³-hybridized carbons (Fsp3) is 0.684. The standard InChI is InChI=1S/C19H31N5O/c1-14-4-3-7-22-19(14)23-9-8-21-18(25)6-2-5-17-16-10-15(12-24-17)11-20-13-16/h3-4,7,15-17,20,24H,2,5-6,8-13H2,1H3,(H,21,25)(H,22,23)/t15-,16+,17-/m0/s1. The van der Waals surface area contributed by atoms with Crippen molar-refractivity contribution in [1.29, 1.82) is 0 Å². The van der Waals surface area contributed by atoms with Crippen molar-refractivity contribution < 1.29 is 4.79 Å². The predicted octanol–water partition coefficient (Wildman–Crippen LogP) is 1.29. The molecule has 6 heteroatoms. The number of aromatic nitrogens is 1. The molecule has 3 heterocycles. The Hall–Kier alpha value is -1.66. The van der Waals surface area contributed by atoms with E-state index < -0.39 is 0 Å². The summed E-state index contributed by atoms with van der Waals surface area (Å²) in [6.07, 6.45) is 5.78. The third-order valence-electron chi connectivity index (χ3n) is 5.38. The van der Waals surface area contributed by atoms with E-state index in [1.165, 1.54) is 6.42 Å². The van der Waals surface area contributed by atoms with E-state index in [-0.39, 0.29) is 5.91 Å². The Balaban J connectivity index is 1.26. The van der Waals surface area contributed by atoms with Gasteiger partial charge in [-0.2, -0.15) is 0 Å². The van der Waals surface area contributed by atoms with E-state index in [1.54, 1.807) is 6.20 Å². The largest absolute Gasteiger partial charge is 0.368 e. The van der Waals surface area contributed by atoms with Gasteiger partial charge in [-0.3, -0.25) is 4.79 Å². The summed E-state index contributed by atoms with van der Waals surface area (Å²) in [5.74, 6) is 2.57. The summed E-state index contributed by atoms with van der Waals surface area (Å²) >= 11 is 0. The first-order valence-corrected chi connectivity index (χ1v) is 9.58. The molecule has 0 aromatic carbocycles. The van der Waals surface area contributed by atoms with Gasteiger partial charge >= 0.3 is 0 Å². The van der Waals surface area contributed by atoms with Crippen LogP contribution in [0.4, 0.5) is 5.82 Å². The molecule has 1 amide bonds. The highest BCUT2D eigenvalue weighted by Gasteiger charge is 2.32. The summed E-state index contributed by atoms with van der Waals surface area (Å²) in [4.78, 5) is 16.3. The number of aryl methyl sites for hydroxylation is 1. The number of amides is 1. The zero-order valence-corrected chi connectivity index (χ0v) is 15.2. The molecule has 4 N–H and O–H groups in total. The first kappa shape index (κ1) is 18.1. The van der Waals surface area contributed by atoms with Crippen LogP contribution >= 0.6 is 0 Å². The van der Waals surface area contributed by atoms with Gasteiger partial charge in [0.05, 0.1) is 0 Å². The Morgan fingerprint density at radius 1 is 1.32 bits per heavy atom. The summed E-state index contributed by atoms with van der Waals surface area (Å²) in [6.45, 7) is 6.76. The highest BCUT2D eigenvalue weighted by Crippen LogP contribution is 2.26. The molecule has 0 saturated carbocycles. The van der Waals surface area contributed by atoms with E-state index in [2.05, 4.69) is 26.3 Å². The van der Waals surface area contributed by atoms with Gasteiger partial charge < -0.3 is 21.3 Å². The number of nitrogens with one attached hydrogen (secondary N) is 4. The Morgan fingerprint density at radius 3 is 3.12 bits per heavy atom. The van der Waals surface area contributed by atoms with Crippen molar-refractivity contribution in [2.45, 2.75) is 38.6 Å². The van der Waals surface area contributed by atoms with Crippen LogP contribution in [0.25, 0.3) is 0 Å². The van der Waals surface area contributed by atoms with Crippen LogP contribution in [0, 0.1) is 18.8 Å². The van der Waals surface area contributed by atoms with Crippen molar-refractivity contribution in [2.24, 2.45) is 11.8 Å². The summed E-state index contributed by atoms with van der Waals surface area (Å²) in [5, 5.41) is 13.5. The van der Waals surface area contributed by atoms with Crippen LogP contribution in [-0.4, -0.2) is 49.7 Å². The summed E-state index contributed by atoms with van der Waals surface area (Å²) in [5.41, 5.74) is 1.12. The van der Waals surface area contributed by atoms with Crippen LogP contribution in [0.2, 0.25) is 0 Å². The van der Waals surface area contributed by atoms with Crippen molar-refractivity contribution in [3.05, 3.63) is 23.9 Å². The van der Waals surface area contributed by atoms with Gasteiger partial charge in [-0.05, 0) is 69.3 Å². The molecule has 25 heavy (non-hydrogen) atoms. The van der Waals surface area contributed by atoms with Crippen molar-refractivity contribution >= 4 is 11.7 Å². The van der Waals surface area contributed by atoms with Crippen LogP contribution in [0.15, 0.2) is 18.3 Å². The van der Waals surface area contributed by atoms with E-state index >= 15 is 0 Å². The fourth-order valence-electron chi connectivity index (χ4n) is 3.98. The summed E-state index contributed by atoms with van der Waals surface area (Å²) in [7, 11) is 0. The maximum atomic E-state index is 12.0. The molecule has 138 valence electrons. The van der Waals surface area contributed by atoms with Crippen LogP contribution in [-0.2, 0) is 4.79 Å². The average molecular weight is 345 g/mol. The molecule has 0 unspecified atom stereocenters. The van der Waals surface area contributed by atoms with Crippen molar-refractivity contribution in [2.75, 3.05) is 38.0 Å². The monoisotopic (exact) mass is 345 g/mol. The number of fused-ring (bicyclic) bond motifs is 2. The second kappa shape index (κ2) is 9.15. The van der Waals surface area contributed by atoms with Crippen molar-refractivity contribution in [1.82, 2.24) is 20.9 Å². The predicted molar refractivity (Wildman–Crippen MR) is 101 cm³/mol. The SMILES string of the molecule is Cc1cccnc1NCCNC(=O)CCC[C@@H]1NC[C@@H]2CNC[C@H]1C2. The number of hydrogen-bond acceptors (Lipinski definition) is 5. The fourth-order valence-corrected chi connectivity index (χ4v) is 3.98. The lowest BCUT2D eigenvalue weighted by molar-refractivity contribution is -0.121. The molecule has 2 aliphatic rings. The van der Waals surface area contributed by atoms with Gasteiger partial charge in [-0.1, -0.05) is 6.07 Å². The zero-order chi connectivity index (χ0) is 17.5. The number of anilines is 1. The minimum Gasteiger partial charge on any atom is -0.368 e. The molecule has 6 nitrogen and oxygen atoms in total. The zero-order valence-electron chi connectivity index (χ0n) is 15.2. The Bertz CT molecular complexity index is 565. The van der Waals surface area contributed by atoms with E-state index in [0.717, 1.165) is 55.7 Å². The highest BCUT2D eigenvalue weighted by atomic mass is 16.1. The number of carbonyl (C=O) groups excluding carboxylic acids is 1. The van der Waals surface area contributed by atoms with Crippen LogP contribution in [0.3, 0.4) is 0 Å². The third-order valence-corrected chi connectivity index (χ3v) is 5.38. The number of hydrogen-bond donors (Lipinski definition) is 4. The number of pyridine rings is 1. The van der Waals surface area contributed by atoms with Crippen LogP contribution in [0.5, 0.6) is 0 Å². The average Bonchev–Trinajstić information content (AvgIpc) is 2.62. The van der Waals surface area contributed by atoms with E-state index in [9.17, 15) is 4.79 Å². The lowest BCUT2D eigenvalue weighted by Crippen LogP contribution is -2.54. The normalized spacial score (nSPS) is 25.4. The molecule has 2 fully saturated rings. The number of rotatable bonds is 8. The van der Waals surface area contributed by atoms with E-state index in [4.69, 9.17) is 0 Å². The molecule has 0 spiro atoms. The second-order valence-corrected chi connectivity index (χ2v) is 7.37. The molecule has 1 aromatic heterocycles. The number of piperidine rings is 2. The van der Waals surface area contributed by atoms with Gasteiger partial charge in [0.15, 0.2) is 0 Å². The summed E-state index contributed by atoms with van der Waals surface area (Å²) < 4.78 is 0. The van der Waals surface area contributed by atoms with Gasteiger partial charge in [0.1, 0.15) is 5.82 Å². The molecule has 3 rings (SSSR count). The molecule has 2 aliphatic heterocycles. The van der Waals surface area contributed by atoms with E-state index in [0.29, 0.717) is 25.6 Å². The molecule has 1 aromatic rings. The summed E-state index contributed by atoms with van der Waals surface area (Å²) in [6, 6.07) is 4.52. The smallest absolute Gasteiger partial charge is 0.220 e. The molecular weight excluding hydrogens is 314 g/mol. The quantitative estimate of drug-likeness (QED) is 0.534. The topological polar surface area (TPSA) is 78.1 Å². The Kier molecular flexibility index (Phi) is 6.64. The third kappa shape index (κ3) is 5.41. The first-order chi connectivity index (χ1) is 12.2. The van der Waals surface area contributed by atoms with Gasteiger partial charge in [0.25, 0.3) is 0 Å². The lowest BCUT2D eigenvalue weighted by Gasteiger charge is -2.41. The molecule has 0 radical (unpaired) electrons. The lowest BCUT2D eigenvalue weighted by atomic mass is 9.80. The highest BCUT2D eigenvalue weighted by molar-refractivity contribution is 5.75. The van der Waals surface area contributed by atoms with Crippen molar-refractivity contribution in [3.8, 4) is 0 Å². The molecule has 2 bridgehead atoms.